The molecule has 10 unspecified atom stereocenters. The van der Waals surface area contributed by atoms with Gasteiger partial charge in [-0.1, -0.05) is 19.8 Å². The summed E-state index contributed by atoms with van der Waals surface area (Å²) in [6.07, 6.45) is -14.3. The number of fused-ring (bicyclic) bond motifs is 8. The van der Waals surface area contributed by atoms with Crippen LogP contribution in [0.15, 0.2) is 66.3 Å². The molecule has 118 heavy (non-hydrogen) atoms. The van der Waals surface area contributed by atoms with Crippen LogP contribution < -0.4 is 50.9 Å². The Bertz CT molecular complexity index is 5710. The van der Waals surface area contributed by atoms with Gasteiger partial charge in [-0.25, -0.2) is 34.3 Å². The number of rotatable bonds is 33. The summed E-state index contributed by atoms with van der Waals surface area (Å²) in [5.41, 5.74) is 8.03. The fraction of sp³-hybridized carbons (Fsp3) is 0.639. The van der Waals surface area contributed by atoms with Crippen LogP contribution in [-0.4, -0.2) is 233 Å². The summed E-state index contributed by atoms with van der Waals surface area (Å²) in [6, 6.07) is 0. The highest BCUT2D eigenvalue weighted by molar-refractivity contribution is 8.08. The molecule has 646 valence electrons. The summed E-state index contributed by atoms with van der Waals surface area (Å²) >= 11 is 28.4. The number of anilines is 3. The summed E-state index contributed by atoms with van der Waals surface area (Å²) in [7, 11) is 0. The van der Waals surface area contributed by atoms with E-state index < -0.39 is 228 Å². The number of aliphatic hydroxyl groups excluding tert-OH is 1. The monoisotopic (exact) mass is 1850 g/mol. The third-order valence-corrected chi connectivity index (χ3v) is 29.5. The van der Waals surface area contributed by atoms with Crippen molar-refractivity contribution in [3.05, 3.63) is 117 Å². The molecule has 0 aliphatic carbocycles. The number of aromatic nitrogens is 14. The lowest BCUT2D eigenvalue weighted by Crippen LogP contribution is -2.52. The number of aliphatic hydroxyl groups is 1. The van der Waals surface area contributed by atoms with Crippen molar-refractivity contribution in [2.75, 3.05) is 56.8 Å². The van der Waals surface area contributed by atoms with Crippen molar-refractivity contribution in [1.82, 2.24) is 67.7 Å². The zero-order chi connectivity index (χ0) is 84.6. The van der Waals surface area contributed by atoms with Gasteiger partial charge in [0.2, 0.25) is 5.95 Å². The predicted molar refractivity (Wildman–Crippen MR) is 424 cm³/mol. The molecule has 15 heterocycles. The lowest BCUT2D eigenvalue weighted by molar-refractivity contribution is -0.219. The predicted octanol–water partition coefficient (Wildman–Crippen LogP) is 0.00386. The molecule has 0 aromatic carbocycles. The normalized spacial score (nSPS) is 34.2. The van der Waals surface area contributed by atoms with E-state index in [9.17, 15) is 58.3 Å². The lowest BCUT2D eigenvalue weighted by Gasteiger charge is -2.38. The lowest BCUT2D eigenvalue weighted by atomic mass is 9.94. The maximum atomic E-state index is 13.8. The van der Waals surface area contributed by atoms with E-state index in [1.807, 2.05) is 6.92 Å². The largest absolute Gasteiger partial charge is 0.393 e. The van der Waals surface area contributed by atoms with Crippen molar-refractivity contribution in [2.45, 2.75) is 208 Å². The van der Waals surface area contributed by atoms with Gasteiger partial charge in [0, 0.05) is 48.1 Å². The van der Waals surface area contributed by atoms with E-state index >= 15 is 0 Å². The van der Waals surface area contributed by atoms with E-state index in [0.717, 1.165) is 26.5 Å². The van der Waals surface area contributed by atoms with E-state index in [4.69, 9.17) is 159 Å². The molecule has 15 N–H and O–H groups in total. The van der Waals surface area contributed by atoms with Crippen molar-refractivity contribution in [2.24, 2.45) is 0 Å². The maximum Gasteiger partial charge on any atom is 0.351 e. The van der Waals surface area contributed by atoms with Gasteiger partial charge in [0.1, 0.15) is 95.8 Å². The van der Waals surface area contributed by atoms with Gasteiger partial charge in [0.25, 0.3) is 16.7 Å². The number of hydrogen-bond acceptors (Lipinski definition) is 39. The molecule has 8 aliphatic rings. The summed E-state index contributed by atoms with van der Waals surface area (Å²) < 4.78 is 119. The topological polar surface area (TPSA) is 617 Å². The molecule has 7 aromatic rings. The Morgan fingerprint density at radius 2 is 0.949 bits per heavy atom. The molecular formula is C61H82N17O30P5S5. The number of H-pyrrole nitrogens is 3. The number of nitrogens with zero attached hydrogens (tertiary/aromatic N) is 11. The average molecular weight is 1850 g/mol. The Morgan fingerprint density at radius 1 is 0.508 bits per heavy atom. The van der Waals surface area contributed by atoms with Gasteiger partial charge in [0.15, 0.2) is 41.3 Å². The van der Waals surface area contributed by atoms with Gasteiger partial charge in [-0.15, -0.1) is 0 Å². The molecule has 7 aromatic heterocycles. The molecule has 0 amide bonds. The van der Waals surface area contributed by atoms with Crippen LogP contribution in [-0.2, 0) is 142 Å². The third kappa shape index (κ3) is 16.7. The molecule has 8 aliphatic heterocycles. The summed E-state index contributed by atoms with van der Waals surface area (Å²) in [5.74, 6) is -0.320. The number of aromatic amines is 3. The number of hydrogen-bond donors (Lipinski definition) is 12. The number of ether oxygens (including phenoxy) is 8. The zero-order valence-corrected chi connectivity index (χ0v) is 71.6. The molecule has 0 saturated carbocycles. The van der Waals surface area contributed by atoms with Crippen LogP contribution in [0.2, 0.25) is 0 Å². The van der Waals surface area contributed by atoms with Gasteiger partial charge < -0.3 is 116 Å². The first-order chi connectivity index (χ1) is 55.6. The number of unbranched alkanes of at least 4 members (excludes halogenated alkanes) is 2. The second kappa shape index (κ2) is 33.1. The summed E-state index contributed by atoms with van der Waals surface area (Å²) in [5, 5.41) is 10.9. The quantitative estimate of drug-likeness (QED) is 0.0190. The number of nitrogen functional groups attached to an aromatic ring is 3. The van der Waals surface area contributed by atoms with Gasteiger partial charge >= 0.3 is 50.7 Å². The number of aryl methyl sites for hydroxylation is 3. The number of nitrogens with one attached hydrogen (secondary N) is 3. The van der Waals surface area contributed by atoms with Crippen LogP contribution >= 0.6 is 33.6 Å². The van der Waals surface area contributed by atoms with Crippen LogP contribution in [0.25, 0.3) is 22.3 Å². The highest BCUT2D eigenvalue weighted by Gasteiger charge is 2.72. The Morgan fingerprint density at radius 3 is 1.46 bits per heavy atom. The fourth-order valence-corrected chi connectivity index (χ4v) is 22.9. The van der Waals surface area contributed by atoms with Crippen molar-refractivity contribution >= 4 is 133 Å². The molecule has 26 atom stereocenters. The SMILES string of the molecule is CCCCCOP(O)(=S)OC1C[C@H](n2cnc3c(N)ncnc32)O[C@@H]1COP(O)(=S)OC1C[C@H](n2cnc3c(=O)[nH]c(N)nc32)O[C@@H]1COP(O)(=S)OC1[C@@H]2O[C@@H](C)[C@]1(COP(O)(=S)OC1[C@@H]3O[C@@H](C)[C@]1(COP(O)(=S)OC1[C@@H]4O[C@@H](C)[C@]1(CO)O[C@H]4n1cc(C)c(=O)[nH]c1=O)O[C@H]3n1cc(C)c(N)nc1=O)O[C@H]2n1cc(C)c(=O)[nH]c1=O. The molecular weight excluding hydrogens is 1770 g/mol. The van der Waals surface area contributed by atoms with E-state index in [1.54, 1.807) is 18.4 Å². The van der Waals surface area contributed by atoms with Crippen molar-refractivity contribution < 1.29 is 113 Å². The molecule has 15 rings (SSSR count). The first-order valence-corrected chi connectivity index (χ1v) is 49.4. The first kappa shape index (κ1) is 87.7. The second-order valence-electron chi connectivity index (χ2n) is 29.2. The second-order valence-corrected chi connectivity index (χ2v) is 43.2. The van der Waals surface area contributed by atoms with Crippen LogP contribution in [0.3, 0.4) is 0 Å². The molecule has 8 saturated heterocycles. The molecule has 8 fully saturated rings. The Hall–Kier alpha value is -5.17. The Kier molecular flexibility index (Phi) is 24.6. The van der Waals surface area contributed by atoms with Crippen LogP contribution in [0, 0.1) is 20.8 Å². The molecule has 0 spiro atoms. The van der Waals surface area contributed by atoms with Gasteiger partial charge in [0.05, 0.1) is 82.8 Å². The van der Waals surface area contributed by atoms with E-state index in [-0.39, 0.29) is 64.8 Å². The Balaban J connectivity index is 0.688. The van der Waals surface area contributed by atoms with Gasteiger partial charge in [-0.05, 0) is 107 Å². The van der Waals surface area contributed by atoms with Gasteiger partial charge in [-0.2, -0.15) is 9.97 Å². The Labute approximate surface area is 690 Å². The molecule has 47 nitrogen and oxygen atoms in total. The van der Waals surface area contributed by atoms with Crippen molar-refractivity contribution in [3.63, 3.8) is 0 Å². The van der Waals surface area contributed by atoms with Crippen LogP contribution in [0.1, 0.15) is 108 Å². The highest BCUT2D eigenvalue weighted by atomic mass is 32.5. The van der Waals surface area contributed by atoms with E-state index in [0.29, 0.717) is 17.6 Å². The van der Waals surface area contributed by atoms with Gasteiger partial charge in [-0.3, -0.25) is 65.7 Å². The van der Waals surface area contributed by atoms with Crippen LogP contribution in [0.5, 0.6) is 0 Å². The average Bonchev–Trinajstić information content (AvgIpc) is 1.55. The van der Waals surface area contributed by atoms with Crippen LogP contribution in [0.4, 0.5) is 17.6 Å². The number of nitrogens with two attached hydrogens (primary N) is 3. The minimum Gasteiger partial charge on any atom is -0.393 e. The molecule has 57 heteroatoms. The van der Waals surface area contributed by atoms with E-state index in [1.165, 1.54) is 69.8 Å². The van der Waals surface area contributed by atoms with Crippen molar-refractivity contribution in [3.8, 4) is 0 Å². The summed E-state index contributed by atoms with van der Waals surface area (Å²) in [4.78, 5) is 172. The van der Waals surface area contributed by atoms with Crippen molar-refractivity contribution in [1.29, 1.82) is 0 Å². The maximum absolute atomic E-state index is 13.8. The first-order valence-electron chi connectivity index (χ1n) is 36.4. The number of imidazole rings is 2. The fourth-order valence-electron chi connectivity index (χ4n) is 15.6. The standard InChI is InChI=1S/C61H82N17O30P5S5/c1-8-9-10-11-91-109(86,114)104-31-12-35(77-23-67-37-46(63)65-22-66-47(37)77)99-33(31)17-92-110(87,115)105-32-13-36(78-24-68-38-48(78)70-55(64)71-51(38)82)100-34(32)18-93-111(88,116)107-43-40-54(76-16-27(4)50(81)73-58(76)85)103-60(43,29(6)97-40)20-95-113(90,118)108-44-41-53(74-14-25(2)45(62)69-56(74)83)102-61(44,30(7)98-41)21-94-112(89,117)106-42-39-52(101-59(42,19-79)28(5)96-39)75-15-26(3)49(80)72-57(75)84/h14-16,22-24,28-36,39-44,52-54,79H,8-13,17-21H2,1-7H3,(H,86,114)(H,87,115)(H,88,116)(H,89,117)(H,90,118)(H2,62,69,83)(H2,63,65,66)(H,72,80,84)(H,73,81,85)(H3,64,70,71,82)/t28-,29-,30-,31?,32?,33+,34+,35+,36+,39-,40-,41-,42?,43?,44?,52+,53+,54+,59-,60-,61-,109?,110?,111?,112?,113?/m0/s1. The zero-order valence-electron chi connectivity index (χ0n) is 63.0. The minimum atomic E-state index is -4.91. The third-order valence-electron chi connectivity index (χ3n) is 21.7. The van der Waals surface area contributed by atoms with E-state index in [2.05, 4.69) is 44.9 Å². The smallest absolute Gasteiger partial charge is 0.351 e. The molecule has 6 bridgehead atoms. The highest BCUT2D eigenvalue weighted by Crippen LogP contribution is 2.64. The summed E-state index contributed by atoms with van der Waals surface area (Å²) in [6.45, 7) is -15.8. The molecule has 0 radical (unpaired) electrons. The minimum absolute atomic E-state index is 0.00223.